The van der Waals surface area contributed by atoms with Crippen LogP contribution in [0.3, 0.4) is 0 Å². The summed E-state index contributed by atoms with van der Waals surface area (Å²) in [7, 11) is -3.53. The molecule has 1 aromatic heterocycles. The number of rotatable bonds is 6. The number of aryl methyl sites for hydroxylation is 1. The van der Waals surface area contributed by atoms with Gasteiger partial charge in [0.25, 0.3) is 5.56 Å². The highest BCUT2D eigenvalue weighted by Gasteiger charge is 2.25. The third-order valence-electron chi connectivity index (χ3n) is 5.52. The van der Waals surface area contributed by atoms with Crippen LogP contribution in [-0.4, -0.2) is 46.7 Å². The van der Waals surface area contributed by atoms with E-state index in [-0.39, 0.29) is 29.3 Å². The molecule has 168 valence electrons. The summed E-state index contributed by atoms with van der Waals surface area (Å²) in [5, 5.41) is 11.1. The summed E-state index contributed by atoms with van der Waals surface area (Å²) in [6.07, 6.45) is 3.87. The first kappa shape index (κ1) is 22.1. The van der Waals surface area contributed by atoms with E-state index in [4.69, 9.17) is 0 Å². The molecule has 10 heteroatoms. The van der Waals surface area contributed by atoms with Crippen molar-refractivity contribution in [2.75, 3.05) is 18.4 Å². The second-order valence-corrected chi connectivity index (χ2v) is 9.71. The Labute approximate surface area is 186 Å². The molecule has 1 aliphatic rings. The van der Waals surface area contributed by atoms with Gasteiger partial charge in [-0.1, -0.05) is 30.2 Å². The average Bonchev–Trinajstić information content (AvgIpc) is 3.09. The summed E-state index contributed by atoms with van der Waals surface area (Å²) in [6.45, 7) is 1.17. The van der Waals surface area contributed by atoms with E-state index in [0.717, 1.165) is 25.7 Å². The van der Waals surface area contributed by atoms with Crippen LogP contribution >= 0.6 is 0 Å². The van der Waals surface area contributed by atoms with Gasteiger partial charge in [-0.15, -0.1) is 5.10 Å². The van der Waals surface area contributed by atoms with Crippen molar-refractivity contribution in [1.29, 1.82) is 0 Å². The zero-order valence-electron chi connectivity index (χ0n) is 17.6. The van der Waals surface area contributed by atoms with Crippen LogP contribution in [0, 0.1) is 0 Å². The van der Waals surface area contributed by atoms with Crippen molar-refractivity contribution in [3.05, 3.63) is 58.9 Å². The molecule has 4 rings (SSSR count). The van der Waals surface area contributed by atoms with Gasteiger partial charge >= 0.3 is 0 Å². The lowest BCUT2D eigenvalue weighted by Gasteiger charge is -2.20. The van der Waals surface area contributed by atoms with E-state index in [9.17, 15) is 18.0 Å². The zero-order chi connectivity index (χ0) is 22.6. The van der Waals surface area contributed by atoms with Gasteiger partial charge in [0.15, 0.2) is 0 Å². The van der Waals surface area contributed by atoms with Crippen LogP contribution in [0.4, 0.5) is 5.69 Å². The van der Waals surface area contributed by atoms with Gasteiger partial charge in [0, 0.05) is 25.2 Å². The number of hydrogen-bond acceptors (Lipinski definition) is 6. The molecule has 1 amide bonds. The SMILES string of the molecule is O=C(CCn1nnc2ccccc2c1=O)Nc1ccc(S(=O)(=O)N2CCCCCC2)cc1. The van der Waals surface area contributed by atoms with Gasteiger partial charge in [0.1, 0.15) is 5.52 Å². The fourth-order valence-corrected chi connectivity index (χ4v) is 5.26. The quantitative estimate of drug-likeness (QED) is 0.610. The molecule has 32 heavy (non-hydrogen) atoms. The van der Waals surface area contributed by atoms with E-state index in [1.165, 1.54) is 21.1 Å². The number of carbonyl (C=O) groups excluding carboxylic acids is 1. The summed E-state index contributed by atoms with van der Waals surface area (Å²) in [5.41, 5.74) is 0.696. The highest BCUT2D eigenvalue weighted by molar-refractivity contribution is 7.89. The maximum Gasteiger partial charge on any atom is 0.277 e. The Morgan fingerprint density at radius 3 is 2.38 bits per heavy atom. The van der Waals surface area contributed by atoms with E-state index in [1.54, 1.807) is 36.4 Å². The molecule has 0 unspecified atom stereocenters. The van der Waals surface area contributed by atoms with Crippen molar-refractivity contribution in [2.45, 2.75) is 43.5 Å². The molecule has 0 bridgehead atoms. The molecule has 2 aromatic carbocycles. The number of carbonyl (C=O) groups is 1. The van der Waals surface area contributed by atoms with Gasteiger partial charge in [-0.05, 0) is 49.2 Å². The Kier molecular flexibility index (Phi) is 6.61. The summed E-state index contributed by atoms with van der Waals surface area (Å²) in [4.78, 5) is 25.0. The number of aromatic nitrogens is 3. The van der Waals surface area contributed by atoms with Gasteiger partial charge in [0.2, 0.25) is 15.9 Å². The highest BCUT2D eigenvalue weighted by Crippen LogP contribution is 2.21. The second-order valence-electron chi connectivity index (χ2n) is 7.78. The highest BCUT2D eigenvalue weighted by atomic mass is 32.2. The normalized spacial score (nSPS) is 15.4. The molecule has 1 aliphatic heterocycles. The molecule has 1 fully saturated rings. The summed E-state index contributed by atoms with van der Waals surface area (Å²) in [5.74, 6) is -0.310. The maximum absolute atomic E-state index is 12.9. The molecule has 2 heterocycles. The lowest BCUT2D eigenvalue weighted by Crippen LogP contribution is -2.31. The number of nitrogens with zero attached hydrogens (tertiary/aromatic N) is 4. The molecular weight excluding hydrogens is 430 g/mol. The minimum atomic E-state index is -3.53. The van der Waals surface area contributed by atoms with Crippen molar-refractivity contribution in [3.8, 4) is 0 Å². The van der Waals surface area contributed by atoms with E-state index in [0.29, 0.717) is 29.7 Å². The lowest BCUT2D eigenvalue weighted by molar-refractivity contribution is -0.116. The summed E-state index contributed by atoms with van der Waals surface area (Å²) < 4.78 is 28.4. The molecule has 0 aliphatic carbocycles. The number of amides is 1. The molecule has 0 atom stereocenters. The number of fused-ring (bicyclic) bond motifs is 1. The standard InChI is InChI=1S/C22H25N5O4S/c28-21(13-16-27-22(29)19-7-3-4-8-20(19)24-25-27)23-17-9-11-18(12-10-17)32(30,31)26-14-5-1-2-6-15-26/h3-4,7-12H,1-2,5-6,13-16H2,(H,23,28). The topological polar surface area (TPSA) is 114 Å². The van der Waals surface area contributed by atoms with Crippen molar-refractivity contribution < 1.29 is 13.2 Å². The van der Waals surface area contributed by atoms with Crippen LogP contribution in [0.15, 0.2) is 58.2 Å². The largest absolute Gasteiger partial charge is 0.326 e. The van der Waals surface area contributed by atoms with Crippen LogP contribution in [0.2, 0.25) is 0 Å². The lowest BCUT2D eigenvalue weighted by atomic mass is 10.2. The molecule has 0 saturated carbocycles. The minimum Gasteiger partial charge on any atom is -0.326 e. The Morgan fingerprint density at radius 1 is 0.969 bits per heavy atom. The molecule has 3 aromatic rings. The molecule has 9 nitrogen and oxygen atoms in total. The Morgan fingerprint density at radius 2 is 1.66 bits per heavy atom. The molecule has 0 spiro atoms. The molecule has 0 radical (unpaired) electrons. The predicted octanol–water partition coefficient (Wildman–Crippen LogP) is 2.38. The number of anilines is 1. The van der Waals surface area contributed by atoms with E-state index in [1.807, 2.05) is 0 Å². The van der Waals surface area contributed by atoms with E-state index < -0.39 is 10.0 Å². The van der Waals surface area contributed by atoms with Crippen molar-refractivity contribution in [1.82, 2.24) is 19.3 Å². The van der Waals surface area contributed by atoms with Crippen LogP contribution in [0.1, 0.15) is 32.1 Å². The molecular formula is C22H25N5O4S. The predicted molar refractivity (Wildman–Crippen MR) is 121 cm³/mol. The summed E-state index contributed by atoms with van der Waals surface area (Å²) >= 11 is 0. The second kappa shape index (κ2) is 9.58. The van der Waals surface area contributed by atoms with Crippen LogP contribution in [-0.2, 0) is 21.4 Å². The minimum absolute atomic E-state index is 0.0285. The molecule has 1 N–H and O–H groups in total. The van der Waals surface area contributed by atoms with Crippen molar-refractivity contribution in [3.63, 3.8) is 0 Å². The Balaban J connectivity index is 1.38. The average molecular weight is 456 g/mol. The first-order valence-corrected chi connectivity index (χ1v) is 12.1. The van der Waals surface area contributed by atoms with Gasteiger partial charge < -0.3 is 5.32 Å². The number of benzene rings is 2. The van der Waals surface area contributed by atoms with Crippen LogP contribution in [0.5, 0.6) is 0 Å². The maximum atomic E-state index is 12.9. The van der Waals surface area contributed by atoms with Gasteiger partial charge in [-0.2, -0.15) is 4.31 Å². The van der Waals surface area contributed by atoms with E-state index >= 15 is 0 Å². The van der Waals surface area contributed by atoms with Crippen molar-refractivity contribution in [2.24, 2.45) is 0 Å². The van der Waals surface area contributed by atoms with Crippen LogP contribution < -0.4 is 10.9 Å². The van der Waals surface area contributed by atoms with Gasteiger partial charge in [-0.3, -0.25) is 9.59 Å². The number of nitrogens with one attached hydrogen (secondary N) is 1. The zero-order valence-corrected chi connectivity index (χ0v) is 18.4. The monoisotopic (exact) mass is 455 g/mol. The third-order valence-corrected chi connectivity index (χ3v) is 7.43. The van der Waals surface area contributed by atoms with E-state index in [2.05, 4.69) is 15.6 Å². The Hall–Kier alpha value is -3.11. The van der Waals surface area contributed by atoms with Crippen LogP contribution in [0.25, 0.3) is 10.9 Å². The smallest absolute Gasteiger partial charge is 0.277 e. The first-order valence-electron chi connectivity index (χ1n) is 10.7. The van der Waals surface area contributed by atoms with Gasteiger partial charge in [0.05, 0.1) is 16.8 Å². The first-order chi connectivity index (χ1) is 15.4. The Bertz CT molecular complexity index is 1260. The number of hydrogen-bond donors (Lipinski definition) is 1. The fraction of sp³-hybridized carbons (Fsp3) is 0.364. The fourth-order valence-electron chi connectivity index (χ4n) is 3.74. The van der Waals surface area contributed by atoms with Crippen molar-refractivity contribution >= 4 is 32.5 Å². The molecule has 1 saturated heterocycles. The third kappa shape index (κ3) is 4.86. The summed E-state index contributed by atoms with van der Waals surface area (Å²) in [6, 6.07) is 13.1. The number of sulfonamides is 1. The van der Waals surface area contributed by atoms with Gasteiger partial charge in [-0.25, -0.2) is 13.1 Å².